The fourth-order valence-corrected chi connectivity index (χ4v) is 5.84. The number of aromatic nitrogens is 2. The molecule has 2 heterocycles. The van der Waals surface area contributed by atoms with E-state index in [1.807, 2.05) is 66.7 Å². The van der Waals surface area contributed by atoms with Crippen LogP contribution in [0.3, 0.4) is 0 Å². The Morgan fingerprint density at radius 3 is 2.33 bits per heavy atom. The Kier molecular flexibility index (Phi) is 8.53. The molecule has 1 amide bonds. The van der Waals surface area contributed by atoms with Crippen molar-refractivity contribution in [1.29, 1.82) is 0 Å². The largest absolute Gasteiger partial charge is 0.507 e. The van der Waals surface area contributed by atoms with Gasteiger partial charge in [0.1, 0.15) is 23.7 Å². The number of aromatic hydroxyl groups is 1. The zero-order valence-electron chi connectivity index (χ0n) is 25.0. The number of ether oxygens (including phenoxy) is 4. The Balaban J connectivity index is 1.39. The molecular formula is C35H32ClN3O6. The van der Waals surface area contributed by atoms with Crippen LogP contribution < -0.4 is 18.9 Å². The molecule has 0 radical (unpaired) electrons. The highest BCUT2D eigenvalue weighted by molar-refractivity contribution is 6.31. The highest BCUT2D eigenvalue weighted by Crippen LogP contribution is 2.46. The van der Waals surface area contributed by atoms with Crippen LogP contribution in [0.4, 0.5) is 0 Å². The van der Waals surface area contributed by atoms with Crippen molar-refractivity contribution >= 4 is 17.5 Å². The van der Waals surface area contributed by atoms with Gasteiger partial charge >= 0.3 is 0 Å². The standard InChI is InChI=1S/C35H32ClN3O6/c1-42-27-13-9-21(17-29(27)43-2)15-16-39-34(23-10-14-28(30(18-23)44-3)45-20-22-7-5-4-6-8-22)31-32(37-38-33(31)35(39)41)25-19-24(36)11-12-26(25)40/h4-14,17-19,34,40H,15-16,20H2,1-3H3,(H,37,38). The molecule has 1 aromatic heterocycles. The summed E-state index contributed by atoms with van der Waals surface area (Å²) in [4.78, 5) is 15.8. The number of carbonyl (C=O) groups is 1. The van der Waals surface area contributed by atoms with Gasteiger partial charge in [-0.1, -0.05) is 54.1 Å². The van der Waals surface area contributed by atoms with Crippen LogP contribution in [0.1, 0.15) is 38.8 Å². The zero-order chi connectivity index (χ0) is 31.5. The van der Waals surface area contributed by atoms with Crippen molar-refractivity contribution in [2.24, 2.45) is 0 Å². The van der Waals surface area contributed by atoms with E-state index in [0.29, 0.717) is 70.1 Å². The van der Waals surface area contributed by atoms with Crippen molar-refractivity contribution in [3.63, 3.8) is 0 Å². The number of nitrogens with one attached hydrogen (secondary N) is 1. The number of rotatable bonds is 11. The number of phenolic OH excluding ortho intramolecular Hbond substituents is 1. The maximum absolute atomic E-state index is 14.0. The van der Waals surface area contributed by atoms with Gasteiger partial charge in [0.05, 0.1) is 27.4 Å². The molecular weight excluding hydrogens is 594 g/mol. The molecule has 0 bridgehead atoms. The lowest BCUT2D eigenvalue weighted by Crippen LogP contribution is -2.31. The van der Waals surface area contributed by atoms with Crippen LogP contribution in [0.5, 0.6) is 28.7 Å². The Bertz CT molecular complexity index is 1840. The number of halogens is 1. The summed E-state index contributed by atoms with van der Waals surface area (Å²) in [5, 5.41) is 18.6. The van der Waals surface area contributed by atoms with Crippen LogP contribution >= 0.6 is 11.6 Å². The third-order valence-corrected chi connectivity index (χ3v) is 8.14. The number of carbonyl (C=O) groups excluding carboxylic acids is 1. The van der Waals surface area contributed by atoms with Gasteiger partial charge in [0, 0.05) is 22.7 Å². The number of fused-ring (bicyclic) bond motifs is 1. The van der Waals surface area contributed by atoms with E-state index in [0.717, 1.165) is 16.7 Å². The summed E-state index contributed by atoms with van der Waals surface area (Å²) in [5.41, 5.74) is 4.66. The van der Waals surface area contributed by atoms with Crippen molar-refractivity contribution in [3.05, 3.63) is 118 Å². The number of phenols is 1. The van der Waals surface area contributed by atoms with Crippen LogP contribution in [-0.2, 0) is 13.0 Å². The number of methoxy groups -OCH3 is 3. The lowest BCUT2D eigenvalue weighted by atomic mass is 9.95. The van der Waals surface area contributed by atoms with E-state index in [9.17, 15) is 9.90 Å². The molecule has 4 aromatic carbocycles. The van der Waals surface area contributed by atoms with Gasteiger partial charge in [0.25, 0.3) is 5.91 Å². The number of nitrogens with zero attached hydrogens (tertiary/aromatic N) is 2. The maximum atomic E-state index is 14.0. The molecule has 230 valence electrons. The van der Waals surface area contributed by atoms with E-state index < -0.39 is 6.04 Å². The second kappa shape index (κ2) is 12.8. The number of aromatic amines is 1. The third-order valence-electron chi connectivity index (χ3n) is 7.91. The maximum Gasteiger partial charge on any atom is 0.273 e. The van der Waals surface area contributed by atoms with Gasteiger partial charge in [0.2, 0.25) is 0 Å². The summed E-state index contributed by atoms with van der Waals surface area (Å²) >= 11 is 6.31. The zero-order valence-corrected chi connectivity index (χ0v) is 25.8. The highest BCUT2D eigenvalue weighted by Gasteiger charge is 2.42. The van der Waals surface area contributed by atoms with E-state index in [1.54, 1.807) is 38.4 Å². The molecule has 0 saturated heterocycles. The van der Waals surface area contributed by atoms with E-state index in [-0.39, 0.29) is 11.7 Å². The molecule has 5 aromatic rings. The molecule has 9 nitrogen and oxygen atoms in total. The fourth-order valence-electron chi connectivity index (χ4n) is 5.67. The minimum atomic E-state index is -0.545. The van der Waals surface area contributed by atoms with Crippen LogP contribution in [0.15, 0.2) is 84.9 Å². The van der Waals surface area contributed by atoms with E-state index >= 15 is 0 Å². The summed E-state index contributed by atoms with van der Waals surface area (Å²) < 4.78 is 22.7. The van der Waals surface area contributed by atoms with Crippen LogP contribution in [-0.4, -0.2) is 54.0 Å². The molecule has 10 heteroatoms. The SMILES string of the molecule is COc1ccc(CCN2C(=O)c3[nH]nc(-c4cc(Cl)ccc4O)c3C2c2ccc(OCc3ccccc3)c(OC)c2)cc1OC. The van der Waals surface area contributed by atoms with Crippen molar-refractivity contribution in [3.8, 4) is 40.0 Å². The summed E-state index contributed by atoms with van der Waals surface area (Å²) in [6.07, 6.45) is 0.549. The summed E-state index contributed by atoms with van der Waals surface area (Å²) in [7, 11) is 4.77. The molecule has 0 spiro atoms. The molecule has 1 unspecified atom stereocenters. The Morgan fingerprint density at radius 1 is 0.844 bits per heavy atom. The first-order valence-corrected chi connectivity index (χ1v) is 14.7. The highest BCUT2D eigenvalue weighted by atomic mass is 35.5. The van der Waals surface area contributed by atoms with Crippen LogP contribution in [0.25, 0.3) is 11.3 Å². The molecule has 1 aliphatic rings. The normalized spacial score (nSPS) is 13.9. The van der Waals surface area contributed by atoms with Crippen molar-refractivity contribution in [1.82, 2.24) is 15.1 Å². The first kappa shape index (κ1) is 29.9. The fraction of sp³-hybridized carbons (Fsp3) is 0.200. The van der Waals surface area contributed by atoms with E-state index in [4.69, 9.17) is 30.5 Å². The first-order chi connectivity index (χ1) is 21.9. The second-order valence-electron chi connectivity index (χ2n) is 10.5. The number of H-pyrrole nitrogens is 1. The summed E-state index contributed by atoms with van der Waals surface area (Å²) in [5.74, 6) is 2.14. The summed E-state index contributed by atoms with van der Waals surface area (Å²) in [6, 6.07) is 25.5. The molecule has 0 fully saturated rings. The van der Waals surface area contributed by atoms with E-state index in [2.05, 4.69) is 10.2 Å². The van der Waals surface area contributed by atoms with Gasteiger partial charge in [-0.3, -0.25) is 9.89 Å². The minimum absolute atomic E-state index is 0.00548. The first-order valence-electron chi connectivity index (χ1n) is 14.4. The second-order valence-corrected chi connectivity index (χ2v) is 11.0. The van der Waals surface area contributed by atoms with E-state index in [1.165, 1.54) is 6.07 Å². The predicted octanol–water partition coefficient (Wildman–Crippen LogP) is 6.83. The smallest absolute Gasteiger partial charge is 0.273 e. The molecule has 6 rings (SSSR count). The Hall–Kier alpha value is -5.15. The lowest BCUT2D eigenvalue weighted by Gasteiger charge is -2.27. The van der Waals surface area contributed by atoms with Crippen LogP contribution in [0, 0.1) is 0 Å². The molecule has 0 aliphatic carbocycles. The van der Waals surface area contributed by atoms with Gasteiger partial charge in [-0.25, -0.2) is 0 Å². The molecule has 45 heavy (non-hydrogen) atoms. The quantitative estimate of drug-likeness (QED) is 0.166. The lowest BCUT2D eigenvalue weighted by molar-refractivity contribution is 0.0745. The molecule has 2 N–H and O–H groups in total. The van der Waals surface area contributed by atoms with Crippen LogP contribution in [0.2, 0.25) is 5.02 Å². The predicted molar refractivity (Wildman–Crippen MR) is 171 cm³/mol. The number of benzene rings is 4. The Labute approximate surface area is 265 Å². The van der Waals surface area contributed by atoms with Crippen molar-refractivity contribution in [2.45, 2.75) is 19.1 Å². The van der Waals surface area contributed by atoms with Crippen molar-refractivity contribution in [2.75, 3.05) is 27.9 Å². The number of hydrogen-bond acceptors (Lipinski definition) is 7. The average molecular weight is 626 g/mol. The topological polar surface area (TPSA) is 106 Å². The Morgan fingerprint density at radius 2 is 1.58 bits per heavy atom. The molecule has 1 atom stereocenters. The minimum Gasteiger partial charge on any atom is -0.507 e. The van der Waals surface area contributed by atoms with Gasteiger partial charge in [0.15, 0.2) is 23.0 Å². The van der Waals surface area contributed by atoms with Gasteiger partial charge in [-0.15, -0.1) is 0 Å². The number of hydrogen-bond donors (Lipinski definition) is 2. The number of amides is 1. The molecule has 0 saturated carbocycles. The third kappa shape index (κ3) is 5.86. The summed E-state index contributed by atoms with van der Waals surface area (Å²) in [6.45, 7) is 0.761. The molecule has 1 aliphatic heterocycles. The monoisotopic (exact) mass is 625 g/mol. The average Bonchev–Trinajstić information content (AvgIpc) is 3.62. The van der Waals surface area contributed by atoms with Gasteiger partial charge in [-0.05, 0) is 65.6 Å². The van der Waals surface area contributed by atoms with Gasteiger partial charge in [-0.2, -0.15) is 5.10 Å². The van der Waals surface area contributed by atoms with Gasteiger partial charge < -0.3 is 29.0 Å². The van der Waals surface area contributed by atoms with Crippen molar-refractivity contribution < 1.29 is 28.8 Å².